The van der Waals surface area contributed by atoms with Crippen molar-refractivity contribution in [2.75, 3.05) is 7.11 Å². The maximum Gasteiger partial charge on any atom is 0.244 e. The number of carbonyl (C=O) groups excluding carboxylic acids is 1. The normalized spacial score (nSPS) is 10.7. The van der Waals surface area contributed by atoms with Gasteiger partial charge in [-0.3, -0.25) is 4.79 Å². The molecule has 1 amide bonds. The maximum atomic E-state index is 11.8. The Morgan fingerprint density at radius 1 is 1.23 bits per heavy atom. The van der Waals surface area contributed by atoms with E-state index < -0.39 is 0 Å². The van der Waals surface area contributed by atoms with Crippen LogP contribution in [0.3, 0.4) is 0 Å². The lowest BCUT2D eigenvalue weighted by atomic mass is 10.1. The molecule has 2 rings (SSSR count). The molecule has 1 N–H and O–H groups in total. The Bertz CT molecular complexity index is 665. The number of methoxy groups -OCH3 is 1. The van der Waals surface area contributed by atoms with E-state index in [0.29, 0.717) is 12.2 Å². The van der Waals surface area contributed by atoms with Gasteiger partial charge in [0.15, 0.2) is 0 Å². The van der Waals surface area contributed by atoms with E-state index in [1.54, 1.807) is 13.3 Å². The summed E-state index contributed by atoms with van der Waals surface area (Å²) in [4.78, 5) is 11.8. The fourth-order valence-corrected chi connectivity index (χ4v) is 3.39. The molecule has 2 aromatic carbocycles. The molecule has 0 unspecified atom stereocenters. The molecule has 0 saturated heterocycles. The van der Waals surface area contributed by atoms with Gasteiger partial charge < -0.3 is 4.74 Å². The number of nitrogens with zero attached hydrogens (tertiary/aromatic N) is 1. The van der Waals surface area contributed by atoms with Crippen LogP contribution in [0.15, 0.2) is 56.5 Å². The second kappa shape index (κ2) is 8.10. The Labute approximate surface area is 145 Å². The zero-order chi connectivity index (χ0) is 15.9. The number of rotatable bonds is 5. The van der Waals surface area contributed by atoms with E-state index in [2.05, 4.69) is 42.4 Å². The number of nitrogens with one attached hydrogen (secondary N) is 1. The van der Waals surface area contributed by atoms with Crippen molar-refractivity contribution in [3.63, 3.8) is 0 Å². The summed E-state index contributed by atoms with van der Waals surface area (Å²) in [5, 5.41) is 3.97. The van der Waals surface area contributed by atoms with Crippen LogP contribution in [-0.2, 0) is 11.2 Å². The Morgan fingerprint density at radius 3 is 2.45 bits per heavy atom. The molecule has 6 heteroatoms. The van der Waals surface area contributed by atoms with Gasteiger partial charge in [-0.2, -0.15) is 5.10 Å². The first-order chi connectivity index (χ1) is 10.6. The predicted molar refractivity (Wildman–Crippen MR) is 94.3 cm³/mol. The molecular weight excluding hydrogens is 412 g/mol. The van der Waals surface area contributed by atoms with Crippen LogP contribution in [0.25, 0.3) is 0 Å². The molecule has 0 heterocycles. The predicted octanol–water partition coefficient (Wildman–Crippen LogP) is 3.91. The molecule has 0 bridgehead atoms. The van der Waals surface area contributed by atoms with Crippen molar-refractivity contribution in [1.29, 1.82) is 0 Å². The smallest absolute Gasteiger partial charge is 0.244 e. The van der Waals surface area contributed by atoms with Crippen LogP contribution in [0, 0.1) is 0 Å². The molecular formula is C16H14Br2N2O2. The topological polar surface area (TPSA) is 50.7 Å². The van der Waals surface area contributed by atoms with Crippen LogP contribution in [0.2, 0.25) is 0 Å². The van der Waals surface area contributed by atoms with E-state index in [1.807, 2.05) is 42.5 Å². The first kappa shape index (κ1) is 16.7. The van der Waals surface area contributed by atoms with Gasteiger partial charge in [0.1, 0.15) is 5.75 Å². The number of benzene rings is 2. The summed E-state index contributed by atoms with van der Waals surface area (Å²) in [7, 11) is 1.60. The van der Waals surface area contributed by atoms with Gasteiger partial charge in [0.2, 0.25) is 5.91 Å². The zero-order valence-electron chi connectivity index (χ0n) is 11.8. The molecule has 0 saturated carbocycles. The molecule has 0 aliphatic heterocycles. The Hall–Kier alpha value is -1.66. The standard InChI is InChI=1S/C16H14Br2N2O2/c1-22-16-13(17)7-12(8-14(16)18)10-19-20-15(21)9-11-5-3-2-4-6-11/h2-8,10H,9H2,1H3,(H,20,21)/b19-10+. The van der Waals surface area contributed by atoms with Crippen LogP contribution in [0.4, 0.5) is 0 Å². The van der Waals surface area contributed by atoms with Gasteiger partial charge in [0.25, 0.3) is 0 Å². The first-order valence-corrected chi connectivity index (χ1v) is 8.07. The Kier molecular flexibility index (Phi) is 6.15. The molecule has 0 fully saturated rings. The average molecular weight is 426 g/mol. The largest absolute Gasteiger partial charge is 0.494 e. The van der Waals surface area contributed by atoms with E-state index in [-0.39, 0.29) is 5.91 Å². The van der Waals surface area contributed by atoms with Crippen molar-refractivity contribution in [2.24, 2.45) is 5.10 Å². The average Bonchev–Trinajstić information content (AvgIpc) is 2.48. The van der Waals surface area contributed by atoms with Crippen molar-refractivity contribution in [1.82, 2.24) is 5.43 Å². The third-order valence-electron chi connectivity index (χ3n) is 2.84. The van der Waals surface area contributed by atoms with Crippen LogP contribution in [0.1, 0.15) is 11.1 Å². The van der Waals surface area contributed by atoms with Crippen LogP contribution < -0.4 is 10.2 Å². The van der Waals surface area contributed by atoms with Gasteiger partial charge in [-0.15, -0.1) is 0 Å². The number of hydrazone groups is 1. The van der Waals surface area contributed by atoms with Crippen molar-refractivity contribution in [3.8, 4) is 5.75 Å². The molecule has 0 radical (unpaired) electrons. The Morgan fingerprint density at radius 2 is 1.86 bits per heavy atom. The second-order valence-electron chi connectivity index (χ2n) is 4.47. The van der Waals surface area contributed by atoms with Gasteiger partial charge in [0, 0.05) is 0 Å². The van der Waals surface area contributed by atoms with Crippen LogP contribution in [-0.4, -0.2) is 19.2 Å². The number of ether oxygens (including phenoxy) is 1. The Balaban J connectivity index is 1.96. The van der Waals surface area contributed by atoms with E-state index >= 15 is 0 Å². The highest BCUT2D eigenvalue weighted by Gasteiger charge is 2.07. The number of hydrogen-bond donors (Lipinski definition) is 1. The van der Waals surface area contributed by atoms with Gasteiger partial charge in [0.05, 0.1) is 28.7 Å². The molecule has 0 atom stereocenters. The van der Waals surface area contributed by atoms with Gasteiger partial charge in [-0.25, -0.2) is 5.43 Å². The number of amides is 1. The summed E-state index contributed by atoms with van der Waals surface area (Å²) in [5.74, 6) is 0.555. The zero-order valence-corrected chi connectivity index (χ0v) is 15.0. The minimum Gasteiger partial charge on any atom is -0.494 e. The molecule has 0 aliphatic rings. The molecule has 22 heavy (non-hydrogen) atoms. The number of halogens is 2. The summed E-state index contributed by atoms with van der Waals surface area (Å²) >= 11 is 6.84. The fraction of sp³-hybridized carbons (Fsp3) is 0.125. The molecule has 0 aliphatic carbocycles. The van der Waals surface area contributed by atoms with Crippen molar-refractivity contribution in [3.05, 3.63) is 62.5 Å². The fourth-order valence-electron chi connectivity index (χ4n) is 1.85. The number of carbonyl (C=O) groups is 1. The summed E-state index contributed by atoms with van der Waals surface area (Å²) in [6.45, 7) is 0. The molecule has 0 aromatic heterocycles. The van der Waals surface area contributed by atoms with Crippen LogP contribution >= 0.6 is 31.9 Å². The van der Waals surface area contributed by atoms with Gasteiger partial charge in [-0.05, 0) is 55.1 Å². The van der Waals surface area contributed by atoms with Gasteiger partial charge >= 0.3 is 0 Å². The maximum absolute atomic E-state index is 11.8. The SMILES string of the molecule is COc1c(Br)cc(/C=N/NC(=O)Cc2ccccc2)cc1Br. The lowest BCUT2D eigenvalue weighted by molar-refractivity contribution is -0.120. The highest BCUT2D eigenvalue weighted by molar-refractivity contribution is 9.11. The summed E-state index contributed by atoms with van der Waals surface area (Å²) in [5.41, 5.74) is 4.30. The third-order valence-corrected chi connectivity index (χ3v) is 4.01. The minimum atomic E-state index is -0.158. The van der Waals surface area contributed by atoms with Crippen molar-refractivity contribution in [2.45, 2.75) is 6.42 Å². The van der Waals surface area contributed by atoms with E-state index in [4.69, 9.17) is 4.74 Å². The molecule has 2 aromatic rings. The third kappa shape index (κ3) is 4.68. The summed E-state index contributed by atoms with van der Waals surface area (Å²) < 4.78 is 6.85. The van der Waals surface area contributed by atoms with Crippen molar-refractivity contribution >= 4 is 44.0 Å². The quantitative estimate of drug-likeness (QED) is 0.583. The second-order valence-corrected chi connectivity index (χ2v) is 6.18. The highest BCUT2D eigenvalue weighted by atomic mass is 79.9. The van der Waals surface area contributed by atoms with E-state index in [1.165, 1.54) is 0 Å². The van der Waals surface area contributed by atoms with E-state index in [9.17, 15) is 4.79 Å². The van der Waals surface area contributed by atoms with E-state index in [0.717, 1.165) is 20.1 Å². The molecule has 4 nitrogen and oxygen atoms in total. The van der Waals surface area contributed by atoms with Gasteiger partial charge in [-0.1, -0.05) is 30.3 Å². The van der Waals surface area contributed by atoms with Crippen molar-refractivity contribution < 1.29 is 9.53 Å². The molecule has 0 spiro atoms. The number of hydrogen-bond acceptors (Lipinski definition) is 3. The lowest BCUT2D eigenvalue weighted by Gasteiger charge is -2.06. The minimum absolute atomic E-state index is 0.158. The molecule has 114 valence electrons. The summed E-state index contributed by atoms with van der Waals surface area (Å²) in [6, 6.07) is 13.2. The lowest BCUT2D eigenvalue weighted by Crippen LogP contribution is -2.19. The monoisotopic (exact) mass is 424 g/mol. The summed E-state index contributed by atoms with van der Waals surface area (Å²) in [6.07, 6.45) is 1.88. The highest BCUT2D eigenvalue weighted by Crippen LogP contribution is 2.33. The first-order valence-electron chi connectivity index (χ1n) is 6.49. The van der Waals surface area contributed by atoms with Crippen LogP contribution in [0.5, 0.6) is 5.75 Å².